The SMILES string of the molecule is Cc1ccc2c(c1)C(C)(CC(F)(F)F)C(=O)N2C. The van der Waals surface area contributed by atoms with E-state index in [-0.39, 0.29) is 0 Å². The first-order valence-corrected chi connectivity index (χ1v) is 5.61. The van der Waals surface area contributed by atoms with Crippen LogP contribution in [0.2, 0.25) is 0 Å². The van der Waals surface area contributed by atoms with Crippen LogP contribution in [0, 0.1) is 6.92 Å². The molecule has 1 heterocycles. The molecule has 1 aliphatic heterocycles. The zero-order chi connectivity index (χ0) is 13.7. The molecule has 0 aliphatic carbocycles. The summed E-state index contributed by atoms with van der Waals surface area (Å²) in [7, 11) is 1.51. The molecule has 1 unspecified atom stereocenters. The molecule has 2 rings (SSSR count). The predicted octanol–water partition coefficient (Wildman–Crippen LogP) is 3.18. The van der Waals surface area contributed by atoms with Crippen LogP contribution < -0.4 is 4.90 Å². The molecule has 5 heteroatoms. The molecule has 1 amide bonds. The average molecular weight is 257 g/mol. The van der Waals surface area contributed by atoms with Gasteiger partial charge in [-0.2, -0.15) is 13.2 Å². The van der Waals surface area contributed by atoms with Gasteiger partial charge in [-0.25, -0.2) is 0 Å². The standard InChI is InChI=1S/C13H14F3NO/c1-8-4-5-10-9(6-8)12(2,7-13(14,15)16)11(18)17(10)3/h4-6H,7H2,1-3H3. The van der Waals surface area contributed by atoms with Crippen molar-refractivity contribution < 1.29 is 18.0 Å². The Hall–Kier alpha value is -1.52. The van der Waals surface area contributed by atoms with Gasteiger partial charge >= 0.3 is 6.18 Å². The van der Waals surface area contributed by atoms with Gasteiger partial charge in [0.05, 0.1) is 11.8 Å². The fraction of sp³-hybridized carbons (Fsp3) is 0.462. The third-order valence-electron chi connectivity index (χ3n) is 3.44. The molecule has 0 aromatic heterocycles. The number of carbonyl (C=O) groups is 1. The van der Waals surface area contributed by atoms with Crippen LogP contribution in [0.4, 0.5) is 18.9 Å². The Morgan fingerprint density at radius 2 is 1.94 bits per heavy atom. The third kappa shape index (κ3) is 1.87. The second-order valence-corrected chi connectivity index (χ2v) is 5.01. The number of likely N-dealkylation sites (N-methyl/N-ethyl adjacent to an activating group) is 1. The molecular weight excluding hydrogens is 243 g/mol. The number of halogens is 3. The van der Waals surface area contributed by atoms with E-state index in [2.05, 4.69) is 0 Å². The van der Waals surface area contributed by atoms with Crippen molar-refractivity contribution in [2.24, 2.45) is 0 Å². The molecule has 1 aromatic carbocycles. The highest BCUT2D eigenvalue weighted by molar-refractivity contribution is 6.07. The maximum atomic E-state index is 12.7. The smallest absolute Gasteiger partial charge is 0.314 e. The lowest BCUT2D eigenvalue weighted by atomic mass is 9.80. The van der Waals surface area contributed by atoms with Crippen molar-refractivity contribution in [3.05, 3.63) is 29.3 Å². The van der Waals surface area contributed by atoms with Crippen LogP contribution in [0.5, 0.6) is 0 Å². The summed E-state index contributed by atoms with van der Waals surface area (Å²) in [6.07, 6.45) is -5.49. The molecule has 0 N–H and O–H groups in total. The molecule has 0 bridgehead atoms. The number of alkyl halides is 3. The number of carbonyl (C=O) groups excluding carboxylic acids is 1. The molecule has 1 atom stereocenters. The number of hydrogen-bond acceptors (Lipinski definition) is 1. The highest BCUT2D eigenvalue weighted by Gasteiger charge is 2.52. The Labute approximate surface area is 103 Å². The molecule has 0 radical (unpaired) electrons. The van der Waals surface area contributed by atoms with Crippen molar-refractivity contribution >= 4 is 11.6 Å². The number of nitrogens with zero attached hydrogens (tertiary/aromatic N) is 1. The molecule has 2 nitrogen and oxygen atoms in total. The molecule has 1 aromatic rings. The van der Waals surface area contributed by atoms with Gasteiger partial charge in [0.2, 0.25) is 5.91 Å². The fourth-order valence-electron chi connectivity index (χ4n) is 2.55. The second kappa shape index (κ2) is 3.73. The van der Waals surface area contributed by atoms with Crippen LogP contribution in [-0.2, 0) is 10.2 Å². The molecule has 1 aliphatic rings. The first-order chi connectivity index (χ1) is 8.15. The number of amides is 1. The molecule has 0 saturated carbocycles. The normalized spacial score (nSPS) is 23.4. The molecular formula is C13H14F3NO. The van der Waals surface area contributed by atoms with E-state index >= 15 is 0 Å². The lowest BCUT2D eigenvalue weighted by molar-refractivity contribution is -0.154. The summed E-state index contributed by atoms with van der Waals surface area (Å²) in [5.74, 6) is -0.500. The maximum Gasteiger partial charge on any atom is 0.390 e. The van der Waals surface area contributed by atoms with E-state index in [9.17, 15) is 18.0 Å². The Balaban J connectivity index is 2.57. The monoisotopic (exact) mass is 257 g/mol. The van der Waals surface area contributed by atoms with Gasteiger partial charge < -0.3 is 4.90 Å². The third-order valence-corrected chi connectivity index (χ3v) is 3.44. The Morgan fingerprint density at radius 1 is 1.33 bits per heavy atom. The minimum Gasteiger partial charge on any atom is -0.314 e. The maximum absolute atomic E-state index is 12.7. The Morgan fingerprint density at radius 3 is 2.50 bits per heavy atom. The molecule has 0 fully saturated rings. The van der Waals surface area contributed by atoms with Gasteiger partial charge in [0.1, 0.15) is 0 Å². The zero-order valence-corrected chi connectivity index (χ0v) is 10.4. The summed E-state index contributed by atoms with van der Waals surface area (Å²) in [6.45, 7) is 3.17. The van der Waals surface area contributed by atoms with Crippen LogP contribution in [-0.4, -0.2) is 19.1 Å². The number of benzene rings is 1. The second-order valence-electron chi connectivity index (χ2n) is 5.01. The summed E-state index contributed by atoms with van der Waals surface area (Å²) in [5, 5.41) is 0. The highest BCUT2D eigenvalue weighted by Crippen LogP contribution is 2.47. The van der Waals surface area contributed by atoms with Crippen LogP contribution in [0.3, 0.4) is 0 Å². The quantitative estimate of drug-likeness (QED) is 0.756. The topological polar surface area (TPSA) is 20.3 Å². The van der Waals surface area contributed by atoms with E-state index in [0.717, 1.165) is 5.56 Å². The van der Waals surface area contributed by atoms with E-state index in [1.807, 2.05) is 0 Å². The number of rotatable bonds is 1. The van der Waals surface area contributed by atoms with E-state index in [0.29, 0.717) is 11.3 Å². The summed E-state index contributed by atoms with van der Waals surface area (Å²) < 4.78 is 38.0. The predicted molar refractivity (Wildman–Crippen MR) is 62.6 cm³/mol. The summed E-state index contributed by atoms with van der Waals surface area (Å²) in [5.41, 5.74) is 0.379. The van der Waals surface area contributed by atoms with Gasteiger partial charge in [-0.1, -0.05) is 17.7 Å². The molecule has 98 valence electrons. The first kappa shape index (κ1) is 12.9. The minimum absolute atomic E-state index is 0.465. The number of hydrogen-bond donors (Lipinski definition) is 0. The summed E-state index contributed by atoms with van der Waals surface area (Å²) in [4.78, 5) is 13.4. The van der Waals surface area contributed by atoms with E-state index in [1.54, 1.807) is 25.1 Å². The van der Waals surface area contributed by atoms with Crippen molar-refractivity contribution in [1.29, 1.82) is 0 Å². The van der Waals surface area contributed by atoms with Crippen molar-refractivity contribution in [3.63, 3.8) is 0 Å². The van der Waals surface area contributed by atoms with Gasteiger partial charge in [-0.15, -0.1) is 0 Å². The van der Waals surface area contributed by atoms with Gasteiger partial charge in [-0.3, -0.25) is 4.79 Å². The molecule has 0 saturated heterocycles. The van der Waals surface area contributed by atoms with E-state index in [4.69, 9.17) is 0 Å². The minimum atomic E-state index is -4.36. The lowest BCUT2D eigenvalue weighted by Crippen LogP contribution is -2.39. The first-order valence-electron chi connectivity index (χ1n) is 5.61. The molecule has 18 heavy (non-hydrogen) atoms. The fourth-order valence-corrected chi connectivity index (χ4v) is 2.55. The average Bonchev–Trinajstić information content (AvgIpc) is 2.39. The largest absolute Gasteiger partial charge is 0.390 e. The summed E-state index contributed by atoms with van der Waals surface area (Å²) >= 11 is 0. The highest BCUT2D eigenvalue weighted by atomic mass is 19.4. The Kier molecular flexibility index (Phi) is 2.68. The van der Waals surface area contributed by atoms with E-state index < -0.39 is 23.9 Å². The van der Waals surface area contributed by atoms with Crippen molar-refractivity contribution in [3.8, 4) is 0 Å². The van der Waals surface area contributed by atoms with Crippen LogP contribution >= 0.6 is 0 Å². The summed E-state index contributed by atoms with van der Waals surface area (Å²) in [6, 6.07) is 5.16. The van der Waals surface area contributed by atoms with Gasteiger partial charge in [0, 0.05) is 12.7 Å². The van der Waals surface area contributed by atoms with Gasteiger partial charge in [0.15, 0.2) is 0 Å². The van der Waals surface area contributed by atoms with Crippen molar-refractivity contribution in [2.45, 2.75) is 31.9 Å². The molecule has 0 spiro atoms. The number of fused-ring (bicyclic) bond motifs is 1. The Bertz CT molecular complexity index is 509. The van der Waals surface area contributed by atoms with E-state index in [1.165, 1.54) is 18.9 Å². The van der Waals surface area contributed by atoms with Crippen LogP contribution in [0.1, 0.15) is 24.5 Å². The van der Waals surface area contributed by atoms with Crippen molar-refractivity contribution in [1.82, 2.24) is 0 Å². The van der Waals surface area contributed by atoms with Crippen LogP contribution in [0.25, 0.3) is 0 Å². The van der Waals surface area contributed by atoms with Crippen molar-refractivity contribution in [2.75, 3.05) is 11.9 Å². The zero-order valence-electron chi connectivity index (χ0n) is 10.4. The van der Waals surface area contributed by atoms with Gasteiger partial charge in [-0.05, 0) is 25.5 Å². The van der Waals surface area contributed by atoms with Crippen LogP contribution in [0.15, 0.2) is 18.2 Å². The van der Waals surface area contributed by atoms with Gasteiger partial charge in [0.25, 0.3) is 0 Å². The number of anilines is 1. The lowest BCUT2D eigenvalue weighted by Gasteiger charge is -2.24. The number of aryl methyl sites for hydroxylation is 1.